The molecule has 3 heteroatoms. The minimum atomic E-state index is -0.293. The van der Waals surface area contributed by atoms with Crippen LogP contribution in [0.4, 0.5) is 0 Å². The van der Waals surface area contributed by atoms with Crippen molar-refractivity contribution >= 4 is 0 Å². The molecule has 126 valence electrons. The van der Waals surface area contributed by atoms with Crippen LogP contribution in [0.3, 0.4) is 0 Å². The first-order valence-electron chi connectivity index (χ1n) is 9.49. The van der Waals surface area contributed by atoms with Crippen LogP contribution in [0.1, 0.15) is 58.3 Å². The third kappa shape index (κ3) is 1.99. The number of ether oxygens (including phenoxy) is 2. The third-order valence-corrected chi connectivity index (χ3v) is 7.59. The Bertz CT molecular complexity index is 584. The van der Waals surface area contributed by atoms with E-state index >= 15 is 0 Å². The van der Waals surface area contributed by atoms with Crippen LogP contribution in [-0.4, -0.2) is 30.2 Å². The second-order valence-corrected chi connectivity index (χ2v) is 8.58. The smallest absolute Gasteiger partial charge is 0.172 e. The number of allylic oxidation sites excluding steroid dienone is 3. The van der Waals surface area contributed by atoms with Gasteiger partial charge in [-0.25, -0.2) is 0 Å². The number of fused-ring (bicyclic) bond motifs is 4. The average Bonchev–Trinajstić information content (AvgIpc) is 3.12. The van der Waals surface area contributed by atoms with Crippen molar-refractivity contribution < 1.29 is 14.6 Å². The Labute approximate surface area is 138 Å². The van der Waals surface area contributed by atoms with E-state index in [0.717, 1.165) is 45.3 Å². The zero-order valence-electron chi connectivity index (χ0n) is 14.1. The molecule has 0 aromatic rings. The van der Waals surface area contributed by atoms with Crippen molar-refractivity contribution in [3.8, 4) is 0 Å². The molecule has 1 spiro atoms. The van der Waals surface area contributed by atoms with Crippen LogP contribution in [0.5, 0.6) is 0 Å². The van der Waals surface area contributed by atoms with Gasteiger partial charge in [0.2, 0.25) is 0 Å². The van der Waals surface area contributed by atoms with Crippen LogP contribution in [0, 0.1) is 17.3 Å². The Morgan fingerprint density at radius 3 is 2.78 bits per heavy atom. The van der Waals surface area contributed by atoms with Crippen LogP contribution in [-0.2, 0) is 9.47 Å². The summed E-state index contributed by atoms with van der Waals surface area (Å²) in [4.78, 5) is 0. The molecule has 3 nitrogen and oxygen atoms in total. The molecule has 0 bridgehead atoms. The van der Waals surface area contributed by atoms with Crippen LogP contribution < -0.4 is 0 Å². The largest absolute Gasteiger partial charge is 0.393 e. The van der Waals surface area contributed by atoms with E-state index in [-0.39, 0.29) is 17.3 Å². The molecule has 1 aliphatic heterocycles. The van der Waals surface area contributed by atoms with E-state index in [1.807, 2.05) is 0 Å². The van der Waals surface area contributed by atoms with Gasteiger partial charge in [0, 0.05) is 18.3 Å². The summed E-state index contributed by atoms with van der Waals surface area (Å²) < 4.78 is 11.9. The van der Waals surface area contributed by atoms with Crippen molar-refractivity contribution in [1.82, 2.24) is 0 Å². The molecule has 4 aliphatic carbocycles. The molecule has 0 aromatic carbocycles. The van der Waals surface area contributed by atoms with Gasteiger partial charge in [0.1, 0.15) is 0 Å². The summed E-state index contributed by atoms with van der Waals surface area (Å²) in [5, 5.41) is 10.5. The fraction of sp³-hybridized carbons (Fsp3) is 0.800. The molecule has 0 radical (unpaired) electrons. The lowest BCUT2D eigenvalue weighted by molar-refractivity contribution is -0.164. The topological polar surface area (TPSA) is 38.7 Å². The standard InChI is InChI=1S/C20H28O3/c1-19-8-6-15-14-7-9-20(22-10-11-23-20)12-13(14)2-3-16(15)17(19)4-5-18(19)21/h6,16-18,21H,2-5,7-12H2,1H3/t16-,17+,18?,19+/m1/s1. The molecule has 0 amide bonds. The quantitative estimate of drug-likeness (QED) is 0.740. The van der Waals surface area contributed by atoms with Gasteiger partial charge < -0.3 is 14.6 Å². The van der Waals surface area contributed by atoms with Gasteiger partial charge in [0.05, 0.1) is 19.3 Å². The van der Waals surface area contributed by atoms with Crippen molar-refractivity contribution in [1.29, 1.82) is 0 Å². The fourth-order valence-electron chi connectivity index (χ4n) is 6.27. The van der Waals surface area contributed by atoms with Gasteiger partial charge in [0.15, 0.2) is 5.79 Å². The minimum Gasteiger partial charge on any atom is -0.393 e. The molecular formula is C20H28O3. The maximum absolute atomic E-state index is 10.5. The lowest BCUT2D eigenvalue weighted by atomic mass is 9.58. The monoisotopic (exact) mass is 316 g/mol. The Kier molecular flexibility index (Phi) is 3.15. The van der Waals surface area contributed by atoms with Gasteiger partial charge in [-0.2, -0.15) is 0 Å². The predicted molar refractivity (Wildman–Crippen MR) is 87.8 cm³/mol. The number of hydrogen-bond acceptors (Lipinski definition) is 3. The summed E-state index contributed by atoms with van der Waals surface area (Å²) in [6.45, 7) is 3.83. The summed E-state index contributed by atoms with van der Waals surface area (Å²) in [5.41, 5.74) is 4.99. The highest BCUT2D eigenvalue weighted by Crippen LogP contribution is 2.59. The van der Waals surface area contributed by atoms with Gasteiger partial charge in [-0.15, -0.1) is 0 Å². The summed E-state index contributed by atoms with van der Waals surface area (Å²) in [7, 11) is 0. The summed E-state index contributed by atoms with van der Waals surface area (Å²) >= 11 is 0. The van der Waals surface area contributed by atoms with Gasteiger partial charge in [-0.05, 0) is 61.5 Å². The number of aliphatic hydroxyl groups is 1. The highest BCUT2D eigenvalue weighted by molar-refractivity contribution is 5.44. The van der Waals surface area contributed by atoms with Crippen molar-refractivity contribution in [2.24, 2.45) is 17.3 Å². The highest BCUT2D eigenvalue weighted by atomic mass is 16.7. The molecule has 4 atom stereocenters. The second kappa shape index (κ2) is 4.93. The van der Waals surface area contributed by atoms with E-state index in [4.69, 9.17) is 9.47 Å². The van der Waals surface area contributed by atoms with E-state index in [0.29, 0.717) is 11.8 Å². The summed E-state index contributed by atoms with van der Waals surface area (Å²) in [6.07, 6.45) is 11.2. The molecule has 2 fully saturated rings. The molecule has 1 saturated carbocycles. The molecule has 5 rings (SSSR count). The maximum Gasteiger partial charge on any atom is 0.172 e. The molecule has 1 N–H and O–H groups in total. The summed E-state index contributed by atoms with van der Waals surface area (Å²) in [5.74, 6) is 1.07. The Morgan fingerprint density at radius 1 is 1.13 bits per heavy atom. The van der Waals surface area contributed by atoms with E-state index in [1.54, 1.807) is 16.7 Å². The van der Waals surface area contributed by atoms with E-state index in [1.165, 1.54) is 19.3 Å². The average molecular weight is 316 g/mol. The second-order valence-electron chi connectivity index (χ2n) is 8.58. The van der Waals surface area contributed by atoms with E-state index in [2.05, 4.69) is 13.0 Å². The lowest BCUT2D eigenvalue weighted by Gasteiger charge is -2.48. The zero-order valence-corrected chi connectivity index (χ0v) is 14.1. The first-order chi connectivity index (χ1) is 11.1. The Balaban J connectivity index is 1.48. The predicted octanol–water partition coefficient (Wildman–Crippen LogP) is 3.73. The van der Waals surface area contributed by atoms with Gasteiger partial charge in [0.25, 0.3) is 0 Å². The summed E-state index contributed by atoms with van der Waals surface area (Å²) in [6, 6.07) is 0. The van der Waals surface area contributed by atoms with E-state index < -0.39 is 0 Å². The first-order valence-corrected chi connectivity index (χ1v) is 9.49. The SMILES string of the molecule is C[C@]12CC=C3C4=C(CC[C@H]3[C@@H]1CCC2O)CC1(CC4)OCCO1. The third-order valence-electron chi connectivity index (χ3n) is 7.59. The molecule has 1 heterocycles. The van der Waals surface area contributed by atoms with Gasteiger partial charge in [-0.1, -0.05) is 18.6 Å². The Morgan fingerprint density at radius 2 is 1.96 bits per heavy atom. The molecule has 0 aromatic heterocycles. The fourth-order valence-corrected chi connectivity index (χ4v) is 6.27. The minimum absolute atomic E-state index is 0.101. The zero-order chi connectivity index (χ0) is 15.7. The normalized spacial score (nSPS) is 44.8. The first kappa shape index (κ1) is 14.7. The van der Waals surface area contributed by atoms with Crippen LogP contribution >= 0.6 is 0 Å². The van der Waals surface area contributed by atoms with Crippen molar-refractivity contribution in [2.45, 2.75) is 70.2 Å². The van der Waals surface area contributed by atoms with Gasteiger partial charge in [-0.3, -0.25) is 0 Å². The Hall–Kier alpha value is -0.640. The molecule has 1 saturated heterocycles. The number of hydrogen-bond donors (Lipinski definition) is 1. The highest BCUT2D eigenvalue weighted by Gasteiger charge is 2.53. The van der Waals surface area contributed by atoms with Crippen molar-refractivity contribution in [3.63, 3.8) is 0 Å². The molecular weight excluding hydrogens is 288 g/mol. The van der Waals surface area contributed by atoms with Crippen molar-refractivity contribution in [2.75, 3.05) is 13.2 Å². The molecule has 1 unspecified atom stereocenters. The molecule has 5 aliphatic rings. The van der Waals surface area contributed by atoms with Crippen LogP contribution in [0.25, 0.3) is 0 Å². The van der Waals surface area contributed by atoms with Gasteiger partial charge >= 0.3 is 0 Å². The van der Waals surface area contributed by atoms with Crippen molar-refractivity contribution in [3.05, 3.63) is 22.8 Å². The van der Waals surface area contributed by atoms with Crippen LogP contribution in [0.15, 0.2) is 22.8 Å². The maximum atomic E-state index is 10.5. The number of rotatable bonds is 0. The molecule has 23 heavy (non-hydrogen) atoms. The lowest BCUT2D eigenvalue weighted by Crippen LogP contribution is -2.42. The number of aliphatic hydroxyl groups excluding tert-OH is 1. The van der Waals surface area contributed by atoms with Crippen LogP contribution in [0.2, 0.25) is 0 Å². The van der Waals surface area contributed by atoms with E-state index in [9.17, 15) is 5.11 Å².